The fraction of sp³-hybridized carbons (Fsp3) is 0.222. The van der Waals surface area contributed by atoms with Crippen molar-refractivity contribution in [3.05, 3.63) is 33.3 Å². The maximum Gasteiger partial charge on any atom is 0.0599 e. The molecule has 0 amide bonds. The van der Waals surface area contributed by atoms with E-state index in [1.807, 2.05) is 18.3 Å². The number of fused-ring (bicyclic) bond motifs is 1. The van der Waals surface area contributed by atoms with E-state index in [0.29, 0.717) is 10.0 Å². The van der Waals surface area contributed by atoms with E-state index in [2.05, 4.69) is 4.99 Å². The molecule has 0 aromatic heterocycles. The fourth-order valence-corrected chi connectivity index (χ4v) is 1.65. The highest BCUT2D eigenvalue weighted by atomic mass is 35.5. The van der Waals surface area contributed by atoms with Crippen LogP contribution in [0.3, 0.4) is 0 Å². The van der Waals surface area contributed by atoms with Crippen LogP contribution in [-0.2, 0) is 6.42 Å². The standard InChI is InChI=1S/C9H7Cl2N/c10-8-3-6-1-2-12-5-7(6)4-9(8)11/h3-5H,1-2H2. The molecule has 1 nitrogen and oxygen atoms in total. The normalized spacial score (nSPS) is 14.5. The Kier molecular flexibility index (Phi) is 2.07. The molecular weight excluding hydrogens is 193 g/mol. The zero-order chi connectivity index (χ0) is 8.55. The largest absolute Gasteiger partial charge is 0.292 e. The van der Waals surface area contributed by atoms with Gasteiger partial charge in [-0.05, 0) is 29.7 Å². The van der Waals surface area contributed by atoms with Gasteiger partial charge in [0, 0.05) is 12.8 Å². The maximum absolute atomic E-state index is 5.87. The van der Waals surface area contributed by atoms with Crippen LogP contribution in [0.4, 0.5) is 0 Å². The molecule has 1 aliphatic rings. The molecule has 0 spiro atoms. The summed E-state index contributed by atoms with van der Waals surface area (Å²) in [6.45, 7) is 0.852. The molecule has 0 saturated heterocycles. The van der Waals surface area contributed by atoms with Gasteiger partial charge >= 0.3 is 0 Å². The Hall–Kier alpha value is -0.530. The molecule has 2 rings (SSSR count). The van der Waals surface area contributed by atoms with Gasteiger partial charge in [0.15, 0.2) is 0 Å². The van der Waals surface area contributed by atoms with E-state index in [4.69, 9.17) is 23.2 Å². The van der Waals surface area contributed by atoms with E-state index in [0.717, 1.165) is 18.5 Å². The van der Waals surface area contributed by atoms with E-state index in [9.17, 15) is 0 Å². The number of aliphatic imine (C=N–C) groups is 1. The number of hydrogen-bond donors (Lipinski definition) is 0. The maximum atomic E-state index is 5.87. The topological polar surface area (TPSA) is 12.4 Å². The molecule has 1 aliphatic heterocycles. The lowest BCUT2D eigenvalue weighted by Crippen LogP contribution is -2.02. The van der Waals surface area contributed by atoms with Gasteiger partial charge in [-0.2, -0.15) is 0 Å². The van der Waals surface area contributed by atoms with Gasteiger partial charge in [0.1, 0.15) is 0 Å². The molecule has 0 atom stereocenters. The van der Waals surface area contributed by atoms with Gasteiger partial charge in [-0.3, -0.25) is 4.99 Å². The van der Waals surface area contributed by atoms with Crippen molar-refractivity contribution in [3.63, 3.8) is 0 Å². The predicted molar refractivity (Wildman–Crippen MR) is 52.6 cm³/mol. The molecule has 0 aliphatic carbocycles. The first-order valence-corrected chi connectivity index (χ1v) is 4.51. The lowest BCUT2D eigenvalue weighted by Gasteiger charge is -2.10. The van der Waals surface area contributed by atoms with Crippen molar-refractivity contribution in [3.8, 4) is 0 Å². The van der Waals surface area contributed by atoms with Crippen LogP contribution in [0.1, 0.15) is 11.1 Å². The summed E-state index contributed by atoms with van der Waals surface area (Å²) in [5.41, 5.74) is 2.33. The van der Waals surface area contributed by atoms with Crippen molar-refractivity contribution >= 4 is 29.4 Å². The molecule has 0 unspecified atom stereocenters. The van der Waals surface area contributed by atoms with Gasteiger partial charge in [0.05, 0.1) is 10.0 Å². The minimum absolute atomic E-state index is 0.601. The first-order chi connectivity index (χ1) is 5.77. The quantitative estimate of drug-likeness (QED) is 0.610. The third kappa shape index (κ3) is 1.35. The summed E-state index contributed by atoms with van der Waals surface area (Å²) in [4.78, 5) is 4.16. The average molecular weight is 200 g/mol. The molecule has 0 fully saturated rings. The summed E-state index contributed by atoms with van der Waals surface area (Å²) < 4.78 is 0. The Bertz CT molecular complexity index is 345. The highest BCUT2D eigenvalue weighted by Gasteiger charge is 2.08. The van der Waals surface area contributed by atoms with Crippen molar-refractivity contribution < 1.29 is 0 Å². The minimum atomic E-state index is 0.601. The monoisotopic (exact) mass is 199 g/mol. The number of nitrogens with zero attached hydrogens (tertiary/aromatic N) is 1. The summed E-state index contributed by atoms with van der Waals surface area (Å²) in [6.07, 6.45) is 2.81. The molecule has 0 bridgehead atoms. The Morgan fingerprint density at radius 3 is 2.75 bits per heavy atom. The summed E-state index contributed by atoms with van der Waals surface area (Å²) in [7, 11) is 0. The van der Waals surface area contributed by atoms with Gasteiger partial charge in [0.25, 0.3) is 0 Å². The molecule has 1 aromatic carbocycles. The molecule has 0 saturated carbocycles. The smallest absolute Gasteiger partial charge is 0.0599 e. The SMILES string of the molecule is Clc1cc2c(cc1Cl)CCN=C2. The lowest BCUT2D eigenvalue weighted by atomic mass is 10.0. The minimum Gasteiger partial charge on any atom is -0.292 e. The van der Waals surface area contributed by atoms with Gasteiger partial charge in [-0.15, -0.1) is 0 Å². The van der Waals surface area contributed by atoms with E-state index in [-0.39, 0.29) is 0 Å². The molecular formula is C9H7Cl2N. The highest BCUT2D eigenvalue weighted by molar-refractivity contribution is 6.42. The van der Waals surface area contributed by atoms with Crippen molar-refractivity contribution in [2.75, 3.05) is 6.54 Å². The molecule has 62 valence electrons. The third-order valence-electron chi connectivity index (χ3n) is 1.92. The summed E-state index contributed by atoms with van der Waals surface area (Å²) in [5.74, 6) is 0. The fourth-order valence-electron chi connectivity index (χ4n) is 1.29. The second-order valence-corrected chi connectivity index (χ2v) is 3.56. The highest BCUT2D eigenvalue weighted by Crippen LogP contribution is 2.26. The van der Waals surface area contributed by atoms with Crippen LogP contribution < -0.4 is 0 Å². The first-order valence-electron chi connectivity index (χ1n) is 3.75. The average Bonchev–Trinajstić information content (AvgIpc) is 2.07. The zero-order valence-corrected chi connectivity index (χ0v) is 7.86. The van der Waals surface area contributed by atoms with Crippen LogP contribution in [0.25, 0.3) is 0 Å². The van der Waals surface area contributed by atoms with Gasteiger partial charge in [-0.25, -0.2) is 0 Å². The Balaban J connectivity index is 2.58. The Morgan fingerprint density at radius 1 is 1.17 bits per heavy atom. The zero-order valence-electron chi connectivity index (χ0n) is 6.35. The van der Waals surface area contributed by atoms with E-state index >= 15 is 0 Å². The second kappa shape index (κ2) is 3.08. The molecule has 3 heteroatoms. The predicted octanol–water partition coefficient (Wildman–Crippen LogP) is 2.97. The second-order valence-electron chi connectivity index (χ2n) is 2.75. The first kappa shape index (κ1) is 8.09. The van der Waals surface area contributed by atoms with E-state index in [1.54, 1.807) is 0 Å². The lowest BCUT2D eigenvalue weighted by molar-refractivity contribution is 0.952. The van der Waals surface area contributed by atoms with Gasteiger partial charge in [0.2, 0.25) is 0 Å². The van der Waals surface area contributed by atoms with Crippen molar-refractivity contribution in [1.82, 2.24) is 0 Å². The molecule has 12 heavy (non-hydrogen) atoms. The van der Waals surface area contributed by atoms with Crippen LogP contribution in [0.2, 0.25) is 10.0 Å². The third-order valence-corrected chi connectivity index (χ3v) is 2.64. The summed E-state index contributed by atoms with van der Waals surface area (Å²) in [5, 5.41) is 1.23. The van der Waals surface area contributed by atoms with E-state index < -0.39 is 0 Å². The number of benzene rings is 1. The number of rotatable bonds is 0. The summed E-state index contributed by atoms with van der Waals surface area (Å²) in [6, 6.07) is 3.78. The van der Waals surface area contributed by atoms with Crippen LogP contribution >= 0.6 is 23.2 Å². The van der Waals surface area contributed by atoms with E-state index in [1.165, 1.54) is 5.56 Å². The Morgan fingerprint density at radius 2 is 1.92 bits per heavy atom. The molecule has 1 heterocycles. The summed E-state index contributed by atoms with van der Waals surface area (Å²) >= 11 is 11.7. The van der Waals surface area contributed by atoms with Crippen molar-refractivity contribution in [2.45, 2.75) is 6.42 Å². The van der Waals surface area contributed by atoms with Crippen LogP contribution in [0, 0.1) is 0 Å². The van der Waals surface area contributed by atoms with Gasteiger partial charge < -0.3 is 0 Å². The van der Waals surface area contributed by atoms with Crippen LogP contribution in [0.5, 0.6) is 0 Å². The van der Waals surface area contributed by atoms with Gasteiger partial charge in [-0.1, -0.05) is 23.2 Å². The molecule has 0 radical (unpaired) electrons. The number of halogens is 2. The van der Waals surface area contributed by atoms with Crippen molar-refractivity contribution in [1.29, 1.82) is 0 Å². The number of hydrogen-bond acceptors (Lipinski definition) is 1. The van der Waals surface area contributed by atoms with Crippen LogP contribution in [-0.4, -0.2) is 12.8 Å². The van der Waals surface area contributed by atoms with Crippen LogP contribution in [0.15, 0.2) is 17.1 Å². The van der Waals surface area contributed by atoms with Crippen molar-refractivity contribution in [2.24, 2.45) is 4.99 Å². The molecule has 0 N–H and O–H groups in total. The molecule has 1 aromatic rings. The Labute approximate surface area is 81.0 Å².